The predicted molar refractivity (Wildman–Crippen MR) is 113 cm³/mol. The zero-order chi connectivity index (χ0) is 22.5. The van der Waals surface area contributed by atoms with E-state index in [1.165, 1.54) is 0 Å². The summed E-state index contributed by atoms with van der Waals surface area (Å²) in [6, 6.07) is 17.3. The topological polar surface area (TPSA) is 88.1 Å². The second-order valence-corrected chi connectivity index (χ2v) is 6.48. The molecule has 31 heavy (non-hydrogen) atoms. The molecule has 0 spiro atoms. The first-order valence-corrected chi connectivity index (χ1v) is 10.3. The third-order valence-electron chi connectivity index (χ3n) is 4.32. The van der Waals surface area contributed by atoms with Gasteiger partial charge in [0.05, 0.1) is 39.3 Å². The summed E-state index contributed by atoms with van der Waals surface area (Å²) in [5.41, 5.74) is 0.829. The summed E-state index contributed by atoms with van der Waals surface area (Å²) in [4.78, 5) is 37.2. The zero-order valence-electron chi connectivity index (χ0n) is 17.9. The molecule has 0 heterocycles. The molecule has 2 rings (SSSR count). The van der Waals surface area contributed by atoms with Gasteiger partial charge in [-0.05, 0) is 13.8 Å². The molecule has 0 bridgehead atoms. The maximum atomic E-state index is 13.6. The van der Waals surface area contributed by atoms with E-state index in [4.69, 9.17) is 18.9 Å². The first-order chi connectivity index (χ1) is 15.0. The zero-order valence-corrected chi connectivity index (χ0v) is 17.9. The van der Waals surface area contributed by atoms with Crippen LogP contribution in [0.15, 0.2) is 60.7 Å². The number of ketones is 1. The standard InChI is InChI=1S/C24H28O7/c1-3-28-21(25)15-17-30-24(20-13-9-6-10-14-20,31-18-16-22(26)29-4-2)23(27)19-11-7-5-8-12-19/h5-14H,3-4,15-18H2,1-2H3. The van der Waals surface area contributed by atoms with Crippen LogP contribution in [0, 0.1) is 0 Å². The number of hydrogen-bond donors (Lipinski definition) is 0. The molecule has 0 saturated carbocycles. The summed E-state index contributed by atoms with van der Waals surface area (Å²) < 4.78 is 21.8. The Morgan fingerprint density at radius 1 is 0.710 bits per heavy atom. The Morgan fingerprint density at radius 3 is 1.61 bits per heavy atom. The fourth-order valence-electron chi connectivity index (χ4n) is 2.93. The maximum Gasteiger partial charge on any atom is 0.308 e. The minimum atomic E-state index is -1.83. The van der Waals surface area contributed by atoms with Crippen molar-refractivity contribution in [2.75, 3.05) is 26.4 Å². The lowest BCUT2D eigenvalue weighted by atomic mass is 9.95. The third kappa shape index (κ3) is 7.01. The van der Waals surface area contributed by atoms with Crippen molar-refractivity contribution in [2.24, 2.45) is 0 Å². The van der Waals surface area contributed by atoms with Crippen LogP contribution >= 0.6 is 0 Å². The van der Waals surface area contributed by atoms with Crippen molar-refractivity contribution in [1.82, 2.24) is 0 Å². The largest absolute Gasteiger partial charge is 0.466 e. The van der Waals surface area contributed by atoms with Crippen molar-refractivity contribution in [1.29, 1.82) is 0 Å². The fraction of sp³-hybridized carbons (Fsp3) is 0.375. The lowest BCUT2D eigenvalue weighted by molar-refractivity contribution is -0.213. The average molecular weight is 428 g/mol. The van der Waals surface area contributed by atoms with Gasteiger partial charge in [-0.25, -0.2) is 0 Å². The van der Waals surface area contributed by atoms with Gasteiger partial charge in [0, 0.05) is 11.1 Å². The highest BCUT2D eigenvalue weighted by Crippen LogP contribution is 2.32. The molecule has 0 amide bonds. The van der Waals surface area contributed by atoms with Crippen LogP contribution < -0.4 is 0 Å². The molecule has 0 aliphatic carbocycles. The molecule has 0 aliphatic heterocycles. The first-order valence-electron chi connectivity index (χ1n) is 10.3. The Balaban J connectivity index is 2.35. The summed E-state index contributed by atoms with van der Waals surface area (Å²) in [5.74, 6) is -3.15. The monoisotopic (exact) mass is 428 g/mol. The minimum Gasteiger partial charge on any atom is -0.466 e. The van der Waals surface area contributed by atoms with Crippen LogP contribution in [0.5, 0.6) is 0 Å². The van der Waals surface area contributed by atoms with Crippen LogP contribution in [0.4, 0.5) is 0 Å². The summed E-state index contributed by atoms with van der Waals surface area (Å²) in [6.45, 7) is 3.72. The van der Waals surface area contributed by atoms with Crippen LogP contribution in [0.25, 0.3) is 0 Å². The van der Waals surface area contributed by atoms with Crippen LogP contribution in [-0.4, -0.2) is 44.1 Å². The molecule has 7 heteroatoms. The molecule has 0 aliphatic rings. The normalized spacial score (nSPS) is 11.0. The lowest BCUT2D eigenvalue weighted by Gasteiger charge is -2.33. The average Bonchev–Trinajstić information content (AvgIpc) is 2.79. The highest BCUT2D eigenvalue weighted by atomic mass is 16.7. The van der Waals surface area contributed by atoms with E-state index in [2.05, 4.69) is 0 Å². The molecule has 2 aromatic rings. The smallest absolute Gasteiger partial charge is 0.308 e. The van der Waals surface area contributed by atoms with E-state index in [1.807, 2.05) is 0 Å². The molecular weight excluding hydrogens is 400 g/mol. The molecule has 0 atom stereocenters. The van der Waals surface area contributed by atoms with Crippen molar-refractivity contribution in [3.05, 3.63) is 71.8 Å². The van der Waals surface area contributed by atoms with Gasteiger partial charge in [-0.3, -0.25) is 14.4 Å². The van der Waals surface area contributed by atoms with E-state index in [9.17, 15) is 14.4 Å². The van der Waals surface area contributed by atoms with E-state index in [-0.39, 0.29) is 39.3 Å². The number of Topliss-reactive ketones (excluding diaryl/α,β-unsaturated/α-hetero) is 1. The molecule has 0 unspecified atom stereocenters. The number of rotatable bonds is 13. The number of carbonyl (C=O) groups excluding carboxylic acids is 3. The number of benzene rings is 2. The van der Waals surface area contributed by atoms with E-state index >= 15 is 0 Å². The van der Waals surface area contributed by atoms with Gasteiger partial charge in [0.2, 0.25) is 5.78 Å². The Labute approximate surface area is 182 Å². The quantitative estimate of drug-likeness (QED) is 0.273. The van der Waals surface area contributed by atoms with E-state index < -0.39 is 23.5 Å². The second kappa shape index (κ2) is 12.6. The van der Waals surface area contributed by atoms with Gasteiger partial charge in [-0.2, -0.15) is 0 Å². The van der Waals surface area contributed by atoms with Gasteiger partial charge >= 0.3 is 11.9 Å². The van der Waals surface area contributed by atoms with Gasteiger partial charge < -0.3 is 18.9 Å². The van der Waals surface area contributed by atoms with Crippen LogP contribution in [0.1, 0.15) is 42.6 Å². The molecule has 0 N–H and O–H groups in total. The molecule has 166 valence electrons. The number of ether oxygens (including phenoxy) is 4. The van der Waals surface area contributed by atoms with Crippen molar-refractivity contribution in [2.45, 2.75) is 32.5 Å². The minimum absolute atomic E-state index is 0.0499. The van der Waals surface area contributed by atoms with E-state index in [0.29, 0.717) is 11.1 Å². The van der Waals surface area contributed by atoms with E-state index in [1.54, 1.807) is 74.5 Å². The van der Waals surface area contributed by atoms with Crippen molar-refractivity contribution in [3.63, 3.8) is 0 Å². The number of esters is 2. The van der Waals surface area contributed by atoms with Gasteiger partial charge in [0.15, 0.2) is 0 Å². The molecule has 0 radical (unpaired) electrons. The Bertz CT molecular complexity index is 810. The summed E-state index contributed by atoms with van der Waals surface area (Å²) in [7, 11) is 0. The van der Waals surface area contributed by atoms with Crippen LogP contribution in [0.2, 0.25) is 0 Å². The van der Waals surface area contributed by atoms with Crippen molar-refractivity contribution in [3.8, 4) is 0 Å². The van der Waals surface area contributed by atoms with Gasteiger partial charge in [0.25, 0.3) is 5.79 Å². The Kier molecular flexibility index (Phi) is 9.87. The van der Waals surface area contributed by atoms with E-state index in [0.717, 1.165) is 0 Å². The van der Waals surface area contributed by atoms with Crippen molar-refractivity contribution >= 4 is 17.7 Å². The summed E-state index contributed by atoms with van der Waals surface area (Å²) >= 11 is 0. The third-order valence-corrected chi connectivity index (χ3v) is 4.32. The van der Waals surface area contributed by atoms with Gasteiger partial charge in [-0.1, -0.05) is 60.7 Å². The lowest BCUT2D eigenvalue weighted by Crippen LogP contribution is -2.43. The van der Waals surface area contributed by atoms with Crippen LogP contribution in [0.3, 0.4) is 0 Å². The molecule has 0 aromatic heterocycles. The molecular formula is C24H28O7. The molecule has 7 nitrogen and oxygen atoms in total. The summed E-state index contributed by atoms with van der Waals surface area (Å²) in [6.07, 6.45) is -0.0997. The Hall–Kier alpha value is -3.03. The fourth-order valence-corrected chi connectivity index (χ4v) is 2.93. The molecule has 2 aromatic carbocycles. The van der Waals surface area contributed by atoms with Gasteiger partial charge in [0.1, 0.15) is 0 Å². The highest BCUT2D eigenvalue weighted by molar-refractivity contribution is 6.02. The summed E-state index contributed by atoms with van der Waals surface area (Å²) in [5, 5.41) is 0. The first kappa shape index (κ1) is 24.2. The van der Waals surface area contributed by atoms with Gasteiger partial charge in [-0.15, -0.1) is 0 Å². The highest BCUT2D eigenvalue weighted by Gasteiger charge is 2.43. The SMILES string of the molecule is CCOC(=O)CCOC(OCCC(=O)OCC)(C(=O)c1ccccc1)c1ccccc1. The predicted octanol–water partition coefficient (Wildman–Crippen LogP) is 3.66. The second-order valence-electron chi connectivity index (χ2n) is 6.48. The molecule has 0 fully saturated rings. The molecule has 0 saturated heterocycles. The van der Waals surface area contributed by atoms with Crippen molar-refractivity contribution < 1.29 is 33.3 Å². The number of carbonyl (C=O) groups is 3. The van der Waals surface area contributed by atoms with Crippen LogP contribution in [-0.2, 0) is 34.3 Å². The number of hydrogen-bond acceptors (Lipinski definition) is 7. The maximum absolute atomic E-state index is 13.6. The Morgan fingerprint density at radius 2 is 1.16 bits per heavy atom.